The number of nitrogens with one attached hydrogen (secondary N) is 6. The first-order chi connectivity index (χ1) is 43.9. The normalized spacial score (nSPS) is 16.4. The van der Waals surface area contributed by atoms with E-state index in [0.29, 0.717) is 104 Å². The standard InChI is InChI=1S/C68H68N12O8S2/c1-43(69-3)59(81)73-57(67(85)79-39-19-27-53(79)61(83)77-65-55(45-21-9-7-10-22-45)75-63(89-65)51-25-13-15-37-71-51)47-29-33-49(34-30-47)87-41-17-5-6-18-42-88-50-35-31-48(32-36-50)58(74-60(82)44(2)70-4)68(86)80-40-20-28-54(80)62(84)78-66-56(46-23-11-8-12-24-46)76-64(90-66)52-26-14-16-38-72-52/h7,9-11,13-16,21-26,29-38,43-44,53-54,57-58,69-70H,8,12,19-20,27-28,39-42H2,1-4H3,(H,73,81)(H,74,82)(H,77,83)(H,78,84)/t43-,44-,53-,54-,57-,58-/m0/s1. The summed E-state index contributed by atoms with van der Waals surface area (Å²) in [6, 6.07) is 29.2. The molecular formula is C68H68N12O8S2. The second-order valence-electron chi connectivity index (χ2n) is 21.4. The minimum Gasteiger partial charge on any atom is -0.481 e. The molecule has 0 spiro atoms. The van der Waals surface area contributed by atoms with Gasteiger partial charge in [0.25, 0.3) is 0 Å². The van der Waals surface area contributed by atoms with Crippen LogP contribution in [-0.4, -0.2) is 130 Å². The molecule has 6 atom stereocenters. The van der Waals surface area contributed by atoms with Gasteiger partial charge in [-0.15, -0.1) is 0 Å². The SMILES string of the molecule is CN[C@@H](C)C(=O)N[C@H](C(=O)N1CCC[C@H]1C(=O)Nc1sc(-c2ccccn2)nc1C1=CCCC=C1)c1ccc(OCC#CC#CCOc2ccc([C@H](NC(=O)[C@H](C)NC)C(=O)N3CCC[C@H]3C(=O)Nc3sc(-c4ccccn4)nc3-c3ccccc3)cc2)cc1. The van der Waals surface area contributed by atoms with Crippen molar-refractivity contribution in [1.29, 1.82) is 0 Å². The number of hydrogen-bond donors (Lipinski definition) is 6. The Hall–Kier alpha value is -9.84. The van der Waals surface area contributed by atoms with Crippen LogP contribution in [0.4, 0.5) is 10.0 Å². The highest BCUT2D eigenvalue weighted by Crippen LogP contribution is 2.40. The molecule has 90 heavy (non-hydrogen) atoms. The molecule has 7 aromatic rings. The number of benzene rings is 3. The molecule has 2 saturated heterocycles. The molecule has 0 saturated carbocycles. The van der Waals surface area contributed by atoms with E-state index < -0.39 is 54.0 Å². The van der Waals surface area contributed by atoms with Gasteiger partial charge in [0.05, 0.1) is 23.5 Å². The van der Waals surface area contributed by atoms with Crippen molar-refractivity contribution in [2.45, 2.75) is 88.6 Å². The summed E-state index contributed by atoms with van der Waals surface area (Å²) in [5.41, 5.74) is 5.32. The minimum atomic E-state index is -1.11. The van der Waals surface area contributed by atoms with Crippen LogP contribution in [0.1, 0.15) is 81.3 Å². The summed E-state index contributed by atoms with van der Waals surface area (Å²) < 4.78 is 11.8. The summed E-state index contributed by atoms with van der Waals surface area (Å²) in [6.07, 6.45) is 13.4. The van der Waals surface area contributed by atoms with Crippen LogP contribution >= 0.6 is 22.7 Å². The topological polar surface area (TPSA) is 251 Å². The van der Waals surface area contributed by atoms with Crippen molar-refractivity contribution in [3.63, 3.8) is 0 Å². The van der Waals surface area contributed by atoms with E-state index in [0.717, 1.165) is 24.0 Å². The number of hydrogen-bond acceptors (Lipinski definition) is 16. The second kappa shape index (κ2) is 30.4. The van der Waals surface area contributed by atoms with E-state index in [9.17, 15) is 28.8 Å². The summed E-state index contributed by atoms with van der Waals surface area (Å²) in [5.74, 6) is 9.88. The van der Waals surface area contributed by atoms with Gasteiger partial charge in [0.15, 0.2) is 0 Å². The second-order valence-corrected chi connectivity index (χ2v) is 23.4. The first-order valence-electron chi connectivity index (χ1n) is 29.7. The fourth-order valence-corrected chi connectivity index (χ4v) is 12.3. The van der Waals surface area contributed by atoms with Gasteiger partial charge in [0.2, 0.25) is 35.4 Å². The quantitative estimate of drug-likeness (QED) is 0.0349. The molecule has 4 aromatic heterocycles. The Balaban J connectivity index is 0.743. The largest absolute Gasteiger partial charge is 0.481 e. The van der Waals surface area contributed by atoms with Gasteiger partial charge in [-0.05, 0) is 155 Å². The lowest BCUT2D eigenvalue weighted by Gasteiger charge is -2.29. The van der Waals surface area contributed by atoms with E-state index >= 15 is 0 Å². The summed E-state index contributed by atoms with van der Waals surface area (Å²) in [7, 11) is 3.31. The number of thiazole rings is 2. The number of aromatic nitrogens is 4. The van der Waals surface area contributed by atoms with E-state index in [-0.39, 0.29) is 30.9 Å². The third kappa shape index (κ3) is 15.5. The summed E-state index contributed by atoms with van der Waals surface area (Å²) in [6.45, 7) is 4.03. The van der Waals surface area contributed by atoms with E-state index in [2.05, 4.69) is 77.7 Å². The van der Waals surface area contributed by atoms with Gasteiger partial charge in [-0.25, -0.2) is 9.97 Å². The molecule has 22 heteroatoms. The summed E-state index contributed by atoms with van der Waals surface area (Å²) in [4.78, 5) is 106. The fraction of sp³-hybridized carbons (Fsp3) is 0.294. The van der Waals surface area contributed by atoms with Crippen molar-refractivity contribution in [3.05, 3.63) is 163 Å². The van der Waals surface area contributed by atoms with E-state index in [1.807, 2.05) is 72.8 Å². The molecular weight excluding hydrogens is 1180 g/mol. The average molecular weight is 1250 g/mol. The number of allylic oxidation sites excluding steroid dienone is 4. The maximum absolute atomic E-state index is 14.6. The highest BCUT2D eigenvalue weighted by Gasteiger charge is 2.41. The molecule has 2 aliphatic heterocycles. The van der Waals surface area contributed by atoms with Crippen LogP contribution < -0.4 is 41.4 Å². The van der Waals surface area contributed by atoms with Crippen LogP contribution in [0.15, 0.2) is 146 Å². The predicted molar refractivity (Wildman–Crippen MR) is 347 cm³/mol. The molecule has 0 bridgehead atoms. The third-order valence-electron chi connectivity index (χ3n) is 15.5. The highest BCUT2D eigenvalue weighted by molar-refractivity contribution is 7.20. The van der Waals surface area contributed by atoms with Crippen LogP contribution in [0.3, 0.4) is 0 Å². The Morgan fingerprint density at radius 3 is 1.50 bits per heavy atom. The predicted octanol–water partition coefficient (Wildman–Crippen LogP) is 8.38. The van der Waals surface area contributed by atoms with Crippen molar-refractivity contribution in [2.24, 2.45) is 0 Å². The maximum Gasteiger partial charge on any atom is 0.250 e. The smallest absolute Gasteiger partial charge is 0.250 e. The van der Waals surface area contributed by atoms with Crippen molar-refractivity contribution in [1.82, 2.24) is 51.0 Å². The Morgan fingerprint density at radius 2 is 1.06 bits per heavy atom. The molecule has 6 heterocycles. The first kappa shape index (κ1) is 63.2. The Morgan fingerprint density at radius 1 is 0.589 bits per heavy atom. The summed E-state index contributed by atoms with van der Waals surface area (Å²) in [5, 5.41) is 20.3. The lowest BCUT2D eigenvalue weighted by Crippen LogP contribution is -2.51. The van der Waals surface area contributed by atoms with Gasteiger partial charge < -0.3 is 51.2 Å². The van der Waals surface area contributed by atoms with Crippen molar-refractivity contribution >= 4 is 73.7 Å². The van der Waals surface area contributed by atoms with Crippen LogP contribution in [-0.2, 0) is 28.8 Å². The molecule has 20 nitrogen and oxygen atoms in total. The lowest BCUT2D eigenvalue weighted by atomic mass is 10.0. The molecule has 460 valence electrons. The molecule has 3 aromatic carbocycles. The number of carbonyl (C=O) groups excluding carboxylic acids is 6. The Bertz CT molecular complexity index is 3890. The number of anilines is 2. The van der Waals surface area contributed by atoms with Crippen LogP contribution in [0.25, 0.3) is 38.2 Å². The molecule has 10 rings (SSSR count). The van der Waals surface area contributed by atoms with Crippen molar-refractivity contribution in [2.75, 3.05) is 51.0 Å². The monoisotopic (exact) mass is 1240 g/mol. The molecule has 2 fully saturated rings. The van der Waals surface area contributed by atoms with Crippen molar-refractivity contribution < 1.29 is 38.2 Å². The Labute approximate surface area is 530 Å². The lowest BCUT2D eigenvalue weighted by molar-refractivity contribution is -0.140. The third-order valence-corrected chi connectivity index (χ3v) is 17.5. The van der Waals surface area contributed by atoms with E-state index in [1.54, 1.807) is 93.8 Å². The van der Waals surface area contributed by atoms with Crippen LogP contribution in [0.5, 0.6) is 11.5 Å². The van der Waals surface area contributed by atoms with Gasteiger partial charge in [0.1, 0.15) is 80.3 Å². The van der Waals surface area contributed by atoms with Gasteiger partial charge >= 0.3 is 0 Å². The van der Waals surface area contributed by atoms with E-state index in [4.69, 9.17) is 19.4 Å². The molecule has 0 unspecified atom stereocenters. The molecule has 6 N–H and O–H groups in total. The minimum absolute atomic E-state index is 0.000712. The highest BCUT2D eigenvalue weighted by atomic mass is 32.1. The zero-order valence-corrected chi connectivity index (χ0v) is 51.8. The first-order valence-corrected chi connectivity index (χ1v) is 31.4. The van der Waals surface area contributed by atoms with Crippen molar-refractivity contribution in [3.8, 4) is 67.8 Å². The number of nitrogens with zero attached hydrogens (tertiary/aromatic N) is 6. The fourth-order valence-electron chi connectivity index (χ4n) is 10.4. The molecule has 1 aliphatic carbocycles. The number of likely N-dealkylation sites (tertiary alicyclic amines) is 2. The summed E-state index contributed by atoms with van der Waals surface area (Å²) >= 11 is 2.64. The van der Waals surface area contributed by atoms with Crippen LogP contribution in [0.2, 0.25) is 0 Å². The van der Waals surface area contributed by atoms with Gasteiger partial charge in [-0.3, -0.25) is 38.7 Å². The van der Waals surface area contributed by atoms with E-state index in [1.165, 1.54) is 27.6 Å². The molecule has 0 radical (unpaired) electrons. The number of ether oxygens (including phenoxy) is 2. The molecule has 6 amide bonds. The van der Waals surface area contributed by atoms with Gasteiger partial charge in [-0.1, -0.05) is 108 Å². The van der Waals surface area contributed by atoms with Gasteiger partial charge in [0, 0.05) is 31.0 Å². The number of amides is 6. The number of likely N-dealkylation sites (N-methyl/N-ethyl adjacent to an activating group) is 2. The average Bonchev–Trinajstić information content (AvgIpc) is 2.01. The van der Waals surface area contributed by atoms with Crippen LogP contribution in [0, 0.1) is 23.7 Å². The maximum atomic E-state index is 14.6. The zero-order valence-electron chi connectivity index (χ0n) is 50.2. The Kier molecular flexibility index (Phi) is 21.3. The number of rotatable bonds is 22. The van der Waals surface area contributed by atoms with Gasteiger partial charge in [-0.2, -0.15) is 0 Å². The zero-order chi connectivity index (χ0) is 62.9. The number of pyridine rings is 2. The molecule has 3 aliphatic rings. The number of carbonyl (C=O) groups is 6.